The summed E-state index contributed by atoms with van der Waals surface area (Å²) in [6, 6.07) is 6.52. The fourth-order valence-electron chi connectivity index (χ4n) is 5.52. The van der Waals surface area contributed by atoms with Crippen molar-refractivity contribution in [2.75, 3.05) is 25.5 Å². The van der Waals surface area contributed by atoms with Gasteiger partial charge in [0.25, 0.3) is 5.91 Å². The Bertz CT molecular complexity index is 1260. The van der Waals surface area contributed by atoms with Crippen molar-refractivity contribution in [3.63, 3.8) is 0 Å². The van der Waals surface area contributed by atoms with Gasteiger partial charge < -0.3 is 15.5 Å². The van der Waals surface area contributed by atoms with Crippen LogP contribution in [0.3, 0.4) is 0 Å². The minimum absolute atomic E-state index is 0.0361. The van der Waals surface area contributed by atoms with Crippen LogP contribution >= 0.6 is 0 Å². The van der Waals surface area contributed by atoms with Gasteiger partial charge in [0.2, 0.25) is 0 Å². The smallest absolute Gasteiger partial charge is 0.391 e. The van der Waals surface area contributed by atoms with E-state index in [4.69, 9.17) is 0 Å². The van der Waals surface area contributed by atoms with Gasteiger partial charge in [0.1, 0.15) is 0 Å². The molecule has 0 unspecified atom stereocenters. The van der Waals surface area contributed by atoms with Crippen molar-refractivity contribution in [1.29, 1.82) is 0 Å². The first-order chi connectivity index (χ1) is 18.5. The topological polar surface area (TPSA) is 120 Å². The Hall–Kier alpha value is -2.54. The lowest BCUT2D eigenvalue weighted by Crippen LogP contribution is -2.34. The summed E-state index contributed by atoms with van der Waals surface area (Å²) in [5.74, 6) is -1.66. The molecule has 2 aliphatic rings. The summed E-state index contributed by atoms with van der Waals surface area (Å²) in [5.41, 5.74) is 2.22. The third-order valence-electron chi connectivity index (χ3n) is 7.88. The SMILES string of the molecule is CCS(=O)(=O)c1ccc([C@H](CO)NC(=O)c2cnc3c(c2)CN(CC2CCC(C(F)(F)F)CC2)[C@@H]3CO)cc1. The molecule has 2 atom stereocenters. The third-order valence-corrected chi connectivity index (χ3v) is 9.63. The van der Waals surface area contributed by atoms with E-state index < -0.39 is 40.5 Å². The molecule has 0 saturated heterocycles. The number of hydrogen-bond donors (Lipinski definition) is 3. The number of nitrogens with zero attached hydrogens (tertiary/aromatic N) is 2. The molecule has 1 fully saturated rings. The molecule has 214 valence electrons. The summed E-state index contributed by atoms with van der Waals surface area (Å²) in [6.45, 7) is 1.92. The number of pyridine rings is 1. The lowest BCUT2D eigenvalue weighted by Gasteiger charge is -2.33. The number of halogens is 3. The summed E-state index contributed by atoms with van der Waals surface area (Å²) in [7, 11) is -3.37. The van der Waals surface area contributed by atoms with Gasteiger partial charge >= 0.3 is 6.18 Å². The Balaban J connectivity index is 1.41. The van der Waals surface area contributed by atoms with Crippen molar-refractivity contribution in [1.82, 2.24) is 15.2 Å². The number of rotatable bonds is 9. The molecule has 0 radical (unpaired) electrons. The molecule has 1 aromatic heterocycles. The number of benzene rings is 1. The molecule has 0 bridgehead atoms. The lowest BCUT2D eigenvalue weighted by atomic mass is 9.81. The van der Waals surface area contributed by atoms with Crippen molar-refractivity contribution >= 4 is 15.7 Å². The first kappa shape index (κ1) is 29.4. The van der Waals surface area contributed by atoms with Crippen molar-refractivity contribution in [2.45, 2.75) is 62.3 Å². The van der Waals surface area contributed by atoms with Crippen LogP contribution in [0.15, 0.2) is 41.4 Å². The van der Waals surface area contributed by atoms with Gasteiger partial charge in [-0.25, -0.2) is 8.42 Å². The number of amides is 1. The summed E-state index contributed by atoms with van der Waals surface area (Å²) < 4.78 is 63.2. The molecule has 1 amide bonds. The predicted molar refractivity (Wildman–Crippen MR) is 137 cm³/mol. The van der Waals surface area contributed by atoms with Crippen LogP contribution in [-0.2, 0) is 16.4 Å². The largest absolute Gasteiger partial charge is 0.394 e. The molecule has 4 rings (SSSR count). The Labute approximate surface area is 226 Å². The Morgan fingerprint density at radius 3 is 2.38 bits per heavy atom. The summed E-state index contributed by atoms with van der Waals surface area (Å²) in [6.07, 6.45) is -1.57. The fourth-order valence-corrected chi connectivity index (χ4v) is 6.41. The van der Waals surface area contributed by atoms with Gasteiger partial charge in [-0.05, 0) is 60.9 Å². The van der Waals surface area contributed by atoms with Gasteiger partial charge in [-0.15, -0.1) is 0 Å². The number of fused-ring (bicyclic) bond motifs is 1. The Morgan fingerprint density at radius 1 is 1.15 bits per heavy atom. The molecule has 0 spiro atoms. The second kappa shape index (κ2) is 11.9. The van der Waals surface area contributed by atoms with E-state index >= 15 is 0 Å². The highest BCUT2D eigenvalue weighted by molar-refractivity contribution is 7.91. The summed E-state index contributed by atoms with van der Waals surface area (Å²) >= 11 is 0. The number of aliphatic hydroxyl groups excluding tert-OH is 2. The lowest BCUT2D eigenvalue weighted by molar-refractivity contribution is -0.184. The molecular weight excluding hydrogens is 535 g/mol. The second-order valence-electron chi connectivity index (χ2n) is 10.3. The highest BCUT2D eigenvalue weighted by Gasteiger charge is 2.42. The van der Waals surface area contributed by atoms with Crippen LogP contribution in [0.4, 0.5) is 13.2 Å². The minimum atomic E-state index is -4.16. The van der Waals surface area contributed by atoms with Crippen LogP contribution in [0.25, 0.3) is 0 Å². The van der Waals surface area contributed by atoms with Crippen LogP contribution in [0, 0.1) is 11.8 Å². The van der Waals surface area contributed by atoms with Gasteiger partial charge in [0.05, 0.1) is 53.1 Å². The molecule has 12 heteroatoms. The first-order valence-corrected chi connectivity index (χ1v) is 14.8. The van der Waals surface area contributed by atoms with E-state index in [1.54, 1.807) is 25.1 Å². The Kier molecular flexibility index (Phi) is 8.99. The van der Waals surface area contributed by atoms with Crippen LogP contribution < -0.4 is 5.32 Å². The van der Waals surface area contributed by atoms with E-state index in [0.717, 1.165) is 5.56 Å². The van der Waals surface area contributed by atoms with E-state index in [1.165, 1.54) is 18.3 Å². The molecule has 1 aliphatic heterocycles. The number of sulfone groups is 1. The standard InChI is InChI=1S/C27H34F3N3O5S/c1-2-39(37,38)22-9-5-18(6-10-22)23(15-34)32-26(36)19-11-20-14-33(24(16-35)25(20)31-12-19)13-17-3-7-21(8-4-17)27(28,29)30/h5-6,9-12,17,21,23-24,34-35H,2-4,7-8,13-16H2,1H3,(H,32,36)/t17?,21?,23-,24+/m0/s1. The zero-order chi connectivity index (χ0) is 28.4. The van der Waals surface area contributed by atoms with Crippen molar-refractivity contribution in [3.8, 4) is 0 Å². The molecule has 2 heterocycles. The maximum absolute atomic E-state index is 13.0. The number of nitrogens with one attached hydrogen (secondary N) is 1. The number of aliphatic hydroxyl groups is 2. The van der Waals surface area contributed by atoms with Gasteiger partial charge in [0, 0.05) is 19.3 Å². The van der Waals surface area contributed by atoms with Gasteiger partial charge in [-0.1, -0.05) is 19.1 Å². The summed E-state index contributed by atoms with van der Waals surface area (Å²) in [5, 5.41) is 22.7. The van der Waals surface area contributed by atoms with E-state index in [-0.39, 0.29) is 47.6 Å². The summed E-state index contributed by atoms with van der Waals surface area (Å²) in [4.78, 5) is 19.6. The van der Waals surface area contributed by atoms with E-state index in [0.29, 0.717) is 37.2 Å². The van der Waals surface area contributed by atoms with Crippen LogP contribution in [0.5, 0.6) is 0 Å². The quantitative estimate of drug-likeness (QED) is 0.423. The van der Waals surface area contributed by atoms with E-state index in [1.807, 2.05) is 4.90 Å². The van der Waals surface area contributed by atoms with Crippen LogP contribution in [0.2, 0.25) is 0 Å². The van der Waals surface area contributed by atoms with Gasteiger partial charge in [-0.2, -0.15) is 13.2 Å². The number of carbonyl (C=O) groups excluding carboxylic acids is 1. The molecule has 2 aromatic rings. The van der Waals surface area contributed by atoms with Crippen molar-refractivity contribution < 1.29 is 36.6 Å². The number of hydrogen-bond acceptors (Lipinski definition) is 7. The van der Waals surface area contributed by atoms with Crippen molar-refractivity contribution in [3.05, 3.63) is 58.9 Å². The maximum atomic E-state index is 13.0. The zero-order valence-electron chi connectivity index (χ0n) is 21.7. The van der Waals surface area contributed by atoms with Crippen molar-refractivity contribution in [2.24, 2.45) is 11.8 Å². The van der Waals surface area contributed by atoms with Crippen LogP contribution in [-0.4, -0.2) is 66.1 Å². The zero-order valence-corrected chi connectivity index (χ0v) is 22.5. The number of carbonyl (C=O) groups is 1. The second-order valence-corrected chi connectivity index (χ2v) is 12.6. The van der Waals surface area contributed by atoms with E-state index in [2.05, 4.69) is 10.3 Å². The normalized spacial score (nSPS) is 22.9. The number of aromatic nitrogens is 1. The first-order valence-electron chi connectivity index (χ1n) is 13.1. The number of alkyl halides is 3. The molecule has 39 heavy (non-hydrogen) atoms. The minimum Gasteiger partial charge on any atom is -0.394 e. The molecule has 1 aliphatic carbocycles. The highest BCUT2D eigenvalue weighted by atomic mass is 32.2. The molecule has 8 nitrogen and oxygen atoms in total. The third kappa shape index (κ3) is 6.62. The van der Waals surface area contributed by atoms with E-state index in [9.17, 15) is 36.6 Å². The average molecular weight is 570 g/mol. The molecule has 1 saturated carbocycles. The molecular formula is C27H34F3N3O5S. The fraction of sp³-hybridized carbons (Fsp3) is 0.556. The Morgan fingerprint density at radius 2 is 1.82 bits per heavy atom. The van der Waals surface area contributed by atoms with Gasteiger partial charge in [-0.3, -0.25) is 14.7 Å². The van der Waals surface area contributed by atoms with Crippen LogP contribution in [0.1, 0.15) is 71.9 Å². The van der Waals surface area contributed by atoms with Gasteiger partial charge in [0.15, 0.2) is 9.84 Å². The average Bonchev–Trinajstić information content (AvgIpc) is 3.27. The predicted octanol–water partition coefficient (Wildman–Crippen LogP) is 3.56. The highest BCUT2D eigenvalue weighted by Crippen LogP contribution is 2.41. The molecule has 1 aromatic carbocycles. The monoisotopic (exact) mass is 569 g/mol. The maximum Gasteiger partial charge on any atom is 0.391 e. The molecule has 3 N–H and O–H groups in total.